The summed E-state index contributed by atoms with van der Waals surface area (Å²) in [5, 5.41) is 3.40. The predicted molar refractivity (Wildman–Crippen MR) is 166 cm³/mol. The number of unbranched alkanes of at least 4 members (excludes halogenated alkanes) is 3. The summed E-state index contributed by atoms with van der Waals surface area (Å²) in [5.41, 5.74) is 10.2. The Morgan fingerprint density at radius 1 is 0.923 bits per heavy atom. The number of piperazine rings is 1. The van der Waals surface area contributed by atoms with Gasteiger partial charge in [0.15, 0.2) is 0 Å². The Kier molecular flexibility index (Phi) is 11.9. The van der Waals surface area contributed by atoms with Crippen molar-refractivity contribution < 1.29 is 0 Å². The van der Waals surface area contributed by atoms with Gasteiger partial charge in [-0.25, -0.2) is 0 Å². The molecule has 6 nitrogen and oxygen atoms in total. The molecule has 2 aliphatic rings. The van der Waals surface area contributed by atoms with E-state index >= 15 is 0 Å². The quantitative estimate of drug-likeness (QED) is 0.198. The smallest absolute Gasteiger partial charge is 0.226 e. The van der Waals surface area contributed by atoms with E-state index in [0.717, 1.165) is 50.9 Å². The minimum absolute atomic E-state index is 0.516. The lowest BCUT2D eigenvalue weighted by Gasteiger charge is -2.35. The van der Waals surface area contributed by atoms with Gasteiger partial charge in [0.2, 0.25) is 5.95 Å². The van der Waals surface area contributed by atoms with Crippen LogP contribution in [0, 0.1) is 5.92 Å². The fourth-order valence-electron chi connectivity index (χ4n) is 6.03. The third-order valence-electron chi connectivity index (χ3n) is 8.45. The van der Waals surface area contributed by atoms with Crippen LogP contribution >= 0.6 is 0 Å². The molecule has 3 N–H and O–H groups in total. The number of nitrogen functional groups attached to an aromatic ring is 1. The summed E-state index contributed by atoms with van der Waals surface area (Å²) in [7, 11) is 0. The standard InChI is InChI=1S/C33H52N6/c1-27(2)11-10-20-38-21-23-39(24-22-38)32-25-31(34)36-33(37-32)35-26-30-18-16-29(17-19-30)15-7-4-3-6-12-28-13-8-5-9-14-28/h11,16-19,25,28H,3-10,12-15,20-24,26H2,1-2H3,(H3,34,35,36,37). The Labute approximate surface area is 237 Å². The second-order valence-corrected chi connectivity index (χ2v) is 12.0. The number of benzene rings is 1. The number of nitrogens with zero attached hydrogens (tertiary/aromatic N) is 4. The van der Waals surface area contributed by atoms with Crippen LogP contribution in [0.15, 0.2) is 42.0 Å². The van der Waals surface area contributed by atoms with Crippen LogP contribution in [-0.2, 0) is 13.0 Å². The molecule has 0 amide bonds. The predicted octanol–water partition coefficient (Wildman–Crippen LogP) is 7.22. The van der Waals surface area contributed by atoms with Gasteiger partial charge in [-0.05, 0) is 50.2 Å². The van der Waals surface area contributed by atoms with Crippen molar-refractivity contribution >= 4 is 17.6 Å². The Hall–Kier alpha value is -2.60. The van der Waals surface area contributed by atoms with Gasteiger partial charge in [0.25, 0.3) is 0 Å². The second-order valence-electron chi connectivity index (χ2n) is 12.0. The lowest BCUT2D eigenvalue weighted by Crippen LogP contribution is -2.47. The number of nitrogens with one attached hydrogen (secondary N) is 1. The molecule has 0 atom stereocenters. The average molecular weight is 533 g/mol. The van der Waals surface area contributed by atoms with E-state index < -0.39 is 0 Å². The van der Waals surface area contributed by atoms with E-state index in [1.807, 2.05) is 6.07 Å². The van der Waals surface area contributed by atoms with Crippen molar-refractivity contribution in [1.82, 2.24) is 14.9 Å². The largest absolute Gasteiger partial charge is 0.383 e. The fraction of sp³-hybridized carbons (Fsp3) is 0.636. The van der Waals surface area contributed by atoms with Gasteiger partial charge in [0.1, 0.15) is 11.6 Å². The van der Waals surface area contributed by atoms with E-state index in [-0.39, 0.29) is 0 Å². The lowest BCUT2D eigenvalue weighted by molar-refractivity contribution is 0.262. The third kappa shape index (κ3) is 10.5. The minimum atomic E-state index is 0.516. The minimum Gasteiger partial charge on any atom is -0.383 e. The highest BCUT2D eigenvalue weighted by molar-refractivity contribution is 5.52. The summed E-state index contributed by atoms with van der Waals surface area (Å²) < 4.78 is 0. The highest BCUT2D eigenvalue weighted by Gasteiger charge is 2.19. The number of anilines is 3. The zero-order valence-electron chi connectivity index (χ0n) is 24.6. The van der Waals surface area contributed by atoms with E-state index in [9.17, 15) is 0 Å². The zero-order valence-corrected chi connectivity index (χ0v) is 24.6. The molecular formula is C33H52N6. The first kappa shape index (κ1) is 29.4. The number of aryl methyl sites for hydroxylation is 1. The summed E-state index contributed by atoms with van der Waals surface area (Å²) in [6, 6.07) is 10.9. The first-order chi connectivity index (χ1) is 19.0. The van der Waals surface area contributed by atoms with Crippen molar-refractivity contribution in [2.24, 2.45) is 5.92 Å². The maximum atomic E-state index is 6.16. The van der Waals surface area contributed by atoms with Gasteiger partial charge in [-0.2, -0.15) is 9.97 Å². The SMILES string of the molecule is CC(C)=CCCN1CCN(c2cc(N)nc(NCc3ccc(CCCCCCC4CCCCC4)cc3)n2)CC1. The molecule has 1 aliphatic heterocycles. The van der Waals surface area contributed by atoms with E-state index in [2.05, 4.69) is 64.3 Å². The van der Waals surface area contributed by atoms with E-state index in [1.54, 1.807) is 0 Å². The average Bonchev–Trinajstić information content (AvgIpc) is 2.95. The number of allylic oxidation sites excluding steroid dienone is 1. The fourth-order valence-corrected chi connectivity index (χ4v) is 6.03. The lowest BCUT2D eigenvalue weighted by atomic mass is 9.85. The topological polar surface area (TPSA) is 70.3 Å². The number of aromatic nitrogens is 2. The Morgan fingerprint density at radius 2 is 1.64 bits per heavy atom. The van der Waals surface area contributed by atoms with Gasteiger partial charge in [-0.3, -0.25) is 4.90 Å². The molecule has 6 heteroatoms. The number of hydrogen-bond acceptors (Lipinski definition) is 6. The van der Waals surface area contributed by atoms with Crippen LogP contribution in [-0.4, -0.2) is 47.6 Å². The van der Waals surface area contributed by atoms with E-state index in [4.69, 9.17) is 10.7 Å². The highest BCUT2D eigenvalue weighted by Crippen LogP contribution is 2.28. The summed E-state index contributed by atoms with van der Waals surface area (Å²) >= 11 is 0. The molecule has 39 heavy (non-hydrogen) atoms. The highest BCUT2D eigenvalue weighted by atomic mass is 15.3. The number of nitrogens with two attached hydrogens (primary N) is 1. The van der Waals surface area contributed by atoms with Crippen molar-refractivity contribution in [3.8, 4) is 0 Å². The molecule has 2 fully saturated rings. The Morgan fingerprint density at radius 3 is 2.38 bits per heavy atom. The van der Waals surface area contributed by atoms with Gasteiger partial charge in [0, 0.05) is 45.3 Å². The molecule has 1 saturated carbocycles. The van der Waals surface area contributed by atoms with Crippen molar-refractivity contribution in [3.05, 3.63) is 53.1 Å². The third-order valence-corrected chi connectivity index (χ3v) is 8.45. The van der Waals surface area contributed by atoms with E-state index in [0.29, 0.717) is 18.3 Å². The summed E-state index contributed by atoms with van der Waals surface area (Å²) in [6.45, 7) is 10.2. The molecular weight excluding hydrogens is 480 g/mol. The van der Waals surface area contributed by atoms with Crippen molar-refractivity contribution in [3.63, 3.8) is 0 Å². The molecule has 214 valence electrons. The molecule has 1 aromatic carbocycles. The maximum absolute atomic E-state index is 6.16. The maximum Gasteiger partial charge on any atom is 0.226 e. The second kappa shape index (κ2) is 15.9. The van der Waals surface area contributed by atoms with Gasteiger partial charge >= 0.3 is 0 Å². The molecule has 0 bridgehead atoms. The van der Waals surface area contributed by atoms with Gasteiger partial charge < -0.3 is 16.0 Å². The molecule has 1 aliphatic carbocycles. The van der Waals surface area contributed by atoms with Crippen LogP contribution in [0.3, 0.4) is 0 Å². The first-order valence-corrected chi connectivity index (χ1v) is 15.6. The van der Waals surface area contributed by atoms with Crippen molar-refractivity contribution in [1.29, 1.82) is 0 Å². The Bertz CT molecular complexity index is 999. The first-order valence-electron chi connectivity index (χ1n) is 15.6. The zero-order chi connectivity index (χ0) is 27.3. The molecule has 2 heterocycles. The molecule has 0 spiro atoms. The normalized spacial score (nSPS) is 16.8. The van der Waals surface area contributed by atoms with Crippen LogP contribution in [0.2, 0.25) is 0 Å². The molecule has 4 rings (SSSR count). The van der Waals surface area contributed by atoms with Crippen molar-refractivity contribution in [2.45, 2.75) is 97.4 Å². The molecule has 0 radical (unpaired) electrons. The molecule has 1 saturated heterocycles. The van der Waals surface area contributed by atoms with Crippen LogP contribution in [0.1, 0.15) is 95.6 Å². The molecule has 1 aromatic heterocycles. The monoisotopic (exact) mass is 532 g/mol. The van der Waals surface area contributed by atoms with Crippen LogP contribution in [0.4, 0.5) is 17.6 Å². The summed E-state index contributed by atoms with van der Waals surface area (Å²) in [6.07, 6.45) is 19.0. The Balaban J connectivity index is 1.15. The number of rotatable bonds is 14. The van der Waals surface area contributed by atoms with Crippen LogP contribution < -0.4 is 16.0 Å². The summed E-state index contributed by atoms with van der Waals surface area (Å²) in [5.74, 6) is 3.07. The van der Waals surface area contributed by atoms with Crippen molar-refractivity contribution in [2.75, 3.05) is 48.7 Å². The van der Waals surface area contributed by atoms with Gasteiger partial charge in [-0.15, -0.1) is 0 Å². The molecule has 2 aromatic rings. The van der Waals surface area contributed by atoms with Crippen LogP contribution in [0.5, 0.6) is 0 Å². The number of hydrogen-bond donors (Lipinski definition) is 2. The van der Waals surface area contributed by atoms with Gasteiger partial charge in [0.05, 0.1) is 0 Å². The van der Waals surface area contributed by atoms with Crippen LogP contribution in [0.25, 0.3) is 0 Å². The van der Waals surface area contributed by atoms with E-state index in [1.165, 1.54) is 87.3 Å². The summed E-state index contributed by atoms with van der Waals surface area (Å²) in [4.78, 5) is 14.1. The van der Waals surface area contributed by atoms with Gasteiger partial charge in [-0.1, -0.05) is 93.7 Å². The molecule has 0 unspecified atom stereocenters.